The summed E-state index contributed by atoms with van der Waals surface area (Å²) in [5.41, 5.74) is 4.23. The Kier molecular flexibility index (Phi) is 9.74. The van der Waals surface area contributed by atoms with E-state index in [9.17, 15) is 0 Å². The summed E-state index contributed by atoms with van der Waals surface area (Å²) in [6.45, 7) is 8.69. The Balaban J connectivity index is 0.00000280. The van der Waals surface area contributed by atoms with E-state index < -0.39 is 0 Å². The molecule has 2 N–H and O–H groups in total. The van der Waals surface area contributed by atoms with Gasteiger partial charge in [0.1, 0.15) is 0 Å². The highest BCUT2D eigenvalue weighted by molar-refractivity contribution is 14.0. The van der Waals surface area contributed by atoms with Gasteiger partial charge in [-0.2, -0.15) is 11.3 Å². The maximum absolute atomic E-state index is 4.42. The second-order valence-corrected chi connectivity index (χ2v) is 8.31. The van der Waals surface area contributed by atoms with E-state index in [2.05, 4.69) is 75.5 Å². The van der Waals surface area contributed by atoms with Crippen LogP contribution < -0.4 is 10.6 Å². The van der Waals surface area contributed by atoms with Gasteiger partial charge in [0.05, 0.1) is 0 Å². The molecule has 0 bridgehead atoms. The van der Waals surface area contributed by atoms with Crippen molar-refractivity contribution in [3.05, 3.63) is 57.8 Å². The van der Waals surface area contributed by atoms with E-state index in [0.29, 0.717) is 12.0 Å². The van der Waals surface area contributed by atoms with Gasteiger partial charge < -0.3 is 10.6 Å². The van der Waals surface area contributed by atoms with Gasteiger partial charge in [-0.1, -0.05) is 31.2 Å². The number of aliphatic imine (C=N–C) groups is 1. The molecule has 1 atom stereocenters. The molecule has 0 spiro atoms. The number of aryl methyl sites for hydroxylation is 1. The molecule has 1 aliphatic heterocycles. The topological polar surface area (TPSA) is 39.7 Å². The SMILES string of the molecule is CN=C(NCC(C)c1ccsc1)NC1CCN(Cc2ccccc2C)CC1.I. The minimum atomic E-state index is 0. The Morgan fingerprint density at radius 2 is 2.00 bits per heavy atom. The Morgan fingerprint density at radius 3 is 2.64 bits per heavy atom. The van der Waals surface area contributed by atoms with Gasteiger partial charge >= 0.3 is 0 Å². The van der Waals surface area contributed by atoms with Gasteiger partial charge in [-0.05, 0) is 59.2 Å². The number of nitrogens with zero attached hydrogens (tertiary/aromatic N) is 2. The third-order valence-electron chi connectivity index (χ3n) is 5.50. The molecule has 1 aromatic heterocycles. The van der Waals surface area contributed by atoms with Gasteiger partial charge in [0.2, 0.25) is 0 Å². The van der Waals surface area contributed by atoms with Gasteiger partial charge in [-0.3, -0.25) is 9.89 Å². The van der Waals surface area contributed by atoms with Crippen LogP contribution in [0.2, 0.25) is 0 Å². The molecule has 6 heteroatoms. The van der Waals surface area contributed by atoms with Crippen molar-refractivity contribution in [1.82, 2.24) is 15.5 Å². The minimum absolute atomic E-state index is 0. The fourth-order valence-electron chi connectivity index (χ4n) is 3.57. The van der Waals surface area contributed by atoms with Crippen LogP contribution in [0.4, 0.5) is 0 Å². The Bertz CT molecular complexity index is 724. The lowest BCUT2D eigenvalue weighted by atomic mass is 10.0. The zero-order valence-corrected chi connectivity index (χ0v) is 20.3. The lowest BCUT2D eigenvalue weighted by Crippen LogP contribution is -2.49. The number of nitrogens with one attached hydrogen (secondary N) is 2. The van der Waals surface area contributed by atoms with Crippen LogP contribution in [-0.4, -0.2) is 43.6 Å². The van der Waals surface area contributed by atoms with E-state index in [1.807, 2.05) is 7.05 Å². The number of guanidine groups is 1. The van der Waals surface area contributed by atoms with Gasteiger partial charge in [0, 0.05) is 39.3 Å². The van der Waals surface area contributed by atoms with Crippen LogP contribution in [-0.2, 0) is 6.54 Å². The molecular weight excluding hydrogens is 479 g/mol. The van der Waals surface area contributed by atoms with Crippen LogP contribution in [0.25, 0.3) is 0 Å². The smallest absolute Gasteiger partial charge is 0.191 e. The second kappa shape index (κ2) is 11.8. The van der Waals surface area contributed by atoms with Crippen molar-refractivity contribution < 1.29 is 0 Å². The average molecular weight is 513 g/mol. The molecule has 4 nitrogen and oxygen atoms in total. The van der Waals surface area contributed by atoms with Crippen molar-refractivity contribution in [2.75, 3.05) is 26.7 Å². The first-order valence-electron chi connectivity index (χ1n) is 9.92. The summed E-state index contributed by atoms with van der Waals surface area (Å²) in [5.74, 6) is 1.42. The van der Waals surface area contributed by atoms with E-state index in [1.165, 1.54) is 16.7 Å². The number of thiophene rings is 1. The Morgan fingerprint density at radius 1 is 1.25 bits per heavy atom. The van der Waals surface area contributed by atoms with Crippen molar-refractivity contribution in [1.29, 1.82) is 0 Å². The number of benzene rings is 1. The minimum Gasteiger partial charge on any atom is -0.356 e. The van der Waals surface area contributed by atoms with E-state index in [-0.39, 0.29) is 24.0 Å². The molecule has 2 heterocycles. The van der Waals surface area contributed by atoms with Gasteiger partial charge in [-0.15, -0.1) is 24.0 Å². The van der Waals surface area contributed by atoms with Crippen LogP contribution >= 0.6 is 35.3 Å². The lowest BCUT2D eigenvalue weighted by Gasteiger charge is -2.33. The highest BCUT2D eigenvalue weighted by atomic mass is 127. The highest BCUT2D eigenvalue weighted by Gasteiger charge is 2.20. The summed E-state index contributed by atoms with van der Waals surface area (Å²) in [4.78, 5) is 6.98. The zero-order chi connectivity index (χ0) is 19.1. The first-order valence-corrected chi connectivity index (χ1v) is 10.9. The van der Waals surface area contributed by atoms with Crippen molar-refractivity contribution in [3.63, 3.8) is 0 Å². The third kappa shape index (κ3) is 6.74. The number of hydrogen-bond acceptors (Lipinski definition) is 3. The molecule has 3 rings (SSSR count). The monoisotopic (exact) mass is 512 g/mol. The molecule has 2 aromatic rings. The Labute approximate surface area is 190 Å². The summed E-state index contributed by atoms with van der Waals surface area (Å²) in [6, 6.07) is 11.4. The Hall–Kier alpha value is -1.12. The molecule has 1 aromatic carbocycles. The summed E-state index contributed by atoms with van der Waals surface area (Å²) >= 11 is 1.76. The summed E-state index contributed by atoms with van der Waals surface area (Å²) < 4.78 is 0. The van der Waals surface area contributed by atoms with Crippen LogP contribution in [0.3, 0.4) is 0 Å². The number of rotatable bonds is 6. The van der Waals surface area contributed by atoms with E-state index >= 15 is 0 Å². The normalized spacial score (nSPS) is 17.0. The molecule has 1 aliphatic rings. The van der Waals surface area contributed by atoms with E-state index in [1.54, 1.807) is 11.3 Å². The molecule has 28 heavy (non-hydrogen) atoms. The van der Waals surface area contributed by atoms with Gasteiger partial charge in [0.25, 0.3) is 0 Å². The number of hydrogen-bond donors (Lipinski definition) is 2. The first-order chi connectivity index (χ1) is 13.2. The first kappa shape index (κ1) is 23.2. The predicted molar refractivity (Wildman–Crippen MR) is 132 cm³/mol. The van der Waals surface area contributed by atoms with Crippen LogP contribution in [0, 0.1) is 6.92 Å². The number of likely N-dealkylation sites (tertiary alicyclic amines) is 1. The van der Waals surface area contributed by atoms with Crippen LogP contribution in [0.1, 0.15) is 42.4 Å². The third-order valence-corrected chi connectivity index (χ3v) is 6.20. The van der Waals surface area contributed by atoms with Gasteiger partial charge in [-0.25, -0.2) is 0 Å². The maximum atomic E-state index is 4.42. The van der Waals surface area contributed by atoms with E-state index in [0.717, 1.165) is 45.0 Å². The second-order valence-electron chi connectivity index (χ2n) is 7.53. The quantitative estimate of drug-likeness (QED) is 0.338. The van der Waals surface area contributed by atoms with Crippen LogP contribution in [0.5, 0.6) is 0 Å². The van der Waals surface area contributed by atoms with Crippen molar-refractivity contribution >= 4 is 41.3 Å². The fraction of sp³-hybridized carbons (Fsp3) is 0.500. The molecule has 1 saturated heterocycles. The fourth-order valence-corrected chi connectivity index (χ4v) is 4.36. The average Bonchev–Trinajstić information content (AvgIpc) is 3.23. The summed E-state index contributed by atoms with van der Waals surface area (Å²) in [6.07, 6.45) is 2.32. The largest absolute Gasteiger partial charge is 0.356 e. The van der Waals surface area contributed by atoms with Crippen molar-refractivity contribution in [3.8, 4) is 0 Å². The molecule has 154 valence electrons. The van der Waals surface area contributed by atoms with Crippen molar-refractivity contribution in [2.24, 2.45) is 4.99 Å². The predicted octanol–water partition coefficient (Wildman–Crippen LogP) is 4.61. The zero-order valence-electron chi connectivity index (χ0n) is 17.1. The standard InChI is InChI=1S/C22H32N4S.HI/c1-17-6-4-5-7-19(17)15-26-11-8-21(9-12-26)25-22(23-3)24-14-18(2)20-10-13-27-16-20;/h4-7,10,13,16,18,21H,8-9,11-12,14-15H2,1-3H3,(H2,23,24,25);1H. The number of piperidine rings is 1. The molecule has 0 saturated carbocycles. The molecule has 0 amide bonds. The molecule has 1 fully saturated rings. The lowest BCUT2D eigenvalue weighted by molar-refractivity contribution is 0.198. The molecule has 0 aliphatic carbocycles. The van der Waals surface area contributed by atoms with Crippen molar-refractivity contribution in [2.45, 2.75) is 45.2 Å². The maximum Gasteiger partial charge on any atom is 0.191 e. The molecule has 1 unspecified atom stereocenters. The summed E-state index contributed by atoms with van der Waals surface area (Å²) in [7, 11) is 1.86. The molecule has 0 radical (unpaired) electrons. The van der Waals surface area contributed by atoms with Crippen LogP contribution in [0.15, 0.2) is 46.1 Å². The number of halogens is 1. The van der Waals surface area contributed by atoms with Gasteiger partial charge in [0.15, 0.2) is 5.96 Å². The highest BCUT2D eigenvalue weighted by Crippen LogP contribution is 2.18. The molecular formula is C22H33IN4S. The summed E-state index contributed by atoms with van der Waals surface area (Å²) in [5, 5.41) is 11.5. The van der Waals surface area contributed by atoms with E-state index in [4.69, 9.17) is 0 Å².